The maximum Gasteiger partial charge on any atom is 0.0475 e. The molecule has 1 atom stereocenters. The molecule has 1 nitrogen and oxygen atoms in total. The summed E-state index contributed by atoms with van der Waals surface area (Å²) in [4.78, 5) is 2.49. The third-order valence-electron chi connectivity index (χ3n) is 10.8. The Kier molecular flexibility index (Phi) is 3.97. The van der Waals surface area contributed by atoms with Gasteiger partial charge in [0.25, 0.3) is 0 Å². The summed E-state index contributed by atoms with van der Waals surface area (Å²) in [6.07, 6.45) is 18.3. The van der Waals surface area contributed by atoms with Gasteiger partial charge in [0.1, 0.15) is 0 Å². The summed E-state index contributed by atoms with van der Waals surface area (Å²) in [6, 6.07) is 5.12. The zero-order valence-electron chi connectivity index (χ0n) is 19.1. The molecule has 1 aromatic carbocycles. The SMILES string of the molecule is CN(C)c1c(P)ccc(C23CC4CC(CC(C4)C2)C3)c1C12CC3CC(CC(C3)C1)C2. The molecule has 2 heteroatoms. The number of rotatable bonds is 3. The molecule has 8 aliphatic rings. The molecular weight excluding hydrogens is 381 g/mol. The Labute approximate surface area is 186 Å². The molecule has 0 aliphatic heterocycles. The third-order valence-corrected chi connectivity index (χ3v) is 11.3. The maximum atomic E-state index is 3.12. The van der Waals surface area contributed by atoms with Crippen molar-refractivity contribution in [3.05, 3.63) is 23.3 Å². The molecule has 0 N–H and O–H groups in total. The van der Waals surface area contributed by atoms with Crippen LogP contribution in [0.3, 0.4) is 0 Å². The van der Waals surface area contributed by atoms with Crippen molar-refractivity contribution in [1.82, 2.24) is 0 Å². The second-order valence-corrected chi connectivity index (χ2v) is 13.8. The fourth-order valence-corrected chi connectivity index (χ4v) is 11.4. The molecule has 162 valence electrons. The highest BCUT2D eigenvalue weighted by atomic mass is 31.0. The zero-order valence-corrected chi connectivity index (χ0v) is 20.3. The van der Waals surface area contributed by atoms with E-state index in [1.54, 1.807) is 44.2 Å². The molecule has 0 aromatic heterocycles. The van der Waals surface area contributed by atoms with Gasteiger partial charge in [-0.25, -0.2) is 0 Å². The van der Waals surface area contributed by atoms with Crippen LogP contribution in [0.2, 0.25) is 0 Å². The number of anilines is 1. The van der Waals surface area contributed by atoms with Gasteiger partial charge in [0.05, 0.1) is 0 Å². The molecule has 0 amide bonds. The number of hydrogen-bond donors (Lipinski definition) is 0. The van der Waals surface area contributed by atoms with Crippen molar-refractivity contribution in [2.45, 2.75) is 87.9 Å². The van der Waals surface area contributed by atoms with Crippen molar-refractivity contribution in [3.8, 4) is 0 Å². The molecule has 9 rings (SSSR count). The van der Waals surface area contributed by atoms with Crippen molar-refractivity contribution in [2.24, 2.45) is 35.5 Å². The number of benzene rings is 1. The Hall–Kier alpha value is -0.550. The van der Waals surface area contributed by atoms with Gasteiger partial charge in [0, 0.05) is 19.8 Å². The summed E-state index contributed by atoms with van der Waals surface area (Å²) in [5.41, 5.74) is 6.30. The van der Waals surface area contributed by atoms with Crippen molar-refractivity contribution in [2.75, 3.05) is 19.0 Å². The van der Waals surface area contributed by atoms with E-state index < -0.39 is 0 Å². The summed E-state index contributed by atoms with van der Waals surface area (Å²) in [6.45, 7) is 0. The zero-order chi connectivity index (χ0) is 20.3. The van der Waals surface area contributed by atoms with Crippen LogP contribution < -0.4 is 10.2 Å². The minimum Gasteiger partial charge on any atom is -0.377 e. The molecule has 30 heavy (non-hydrogen) atoms. The molecule has 1 aromatic rings. The topological polar surface area (TPSA) is 3.24 Å². The fraction of sp³-hybridized carbons (Fsp3) is 0.786. The van der Waals surface area contributed by atoms with Gasteiger partial charge in [-0.1, -0.05) is 12.1 Å². The fourth-order valence-electron chi connectivity index (χ4n) is 10.9. The molecule has 0 spiro atoms. The van der Waals surface area contributed by atoms with Crippen LogP contribution in [0.25, 0.3) is 0 Å². The van der Waals surface area contributed by atoms with Crippen LogP contribution in [-0.2, 0) is 10.8 Å². The largest absolute Gasteiger partial charge is 0.377 e. The van der Waals surface area contributed by atoms with Crippen LogP contribution in [0.1, 0.15) is 88.2 Å². The molecular formula is C28H40NP. The van der Waals surface area contributed by atoms with E-state index in [2.05, 4.69) is 40.4 Å². The molecule has 8 aliphatic carbocycles. The predicted molar refractivity (Wildman–Crippen MR) is 130 cm³/mol. The van der Waals surface area contributed by atoms with Gasteiger partial charge in [-0.05, 0) is 140 Å². The van der Waals surface area contributed by atoms with E-state index in [-0.39, 0.29) is 0 Å². The molecule has 0 radical (unpaired) electrons. The smallest absolute Gasteiger partial charge is 0.0475 e. The minimum atomic E-state index is 0.486. The van der Waals surface area contributed by atoms with E-state index in [0.717, 1.165) is 35.5 Å². The first kappa shape index (κ1) is 19.0. The first-order chi connectivity index (χ1) is 14.4. The third kappa shape index (κ3) is 2.57. The summed E-state index contributed by atoms with van der Waals surface area (Å²) in [5, 5.41) is 1.44. The Balaban J connectivity index is 1.44. The Morgan fingerprint density at radius 2 is 1.07 bits per heavy atom. The summed E-state index contributed by atoms with van der Waals surface area (Å²) in [5.74, 6) is 6.13. The van der Waals surface area contributed by atoms with Crippen LogP contribution >= 0.6 is 9.24 Å². The van der Waals surface area contributed by atoms with Gasteiger partial charge >= 0.3 is 0 Å². The van der Waals surface area contributed by atoms with E-state index in [0.29, 0.717) is 10.8 Å². The lowest BCUT2D eigenvalue weighted by Crippen LogP contribution is -2.53. The van der Waals surface area contributed by atoms with E-state index in [4.69, 9.17) is 0 Å². The normalized spacial score (nSPS) is 47.8. The second-order valence-electron chi connectivity index (χ2n) is 13.2. The average molecular weight is 422 g/mol. The van der Waals surface area contributed by atoms with Crippen LogP contribution in [-0.4, -0.2) is 14.1 Å². The Morgan fingerprint density at radius 3 is 1.47 bits per heavy atom. The van der Waals surface area contributed by atoms with Gasteiger partial charge in [0.15, 0.2) is 0 Å². The summed E-state index contributed by atoms with van der Waals surface area (Å²) >= 11 is 0. The molecule has 0 heterocycles. The highest BCUT2D eigenvalue weighted by molar-refractivity contribution is 7.28. The van der Waals surface area contributed by atoms with Gasteiger partial charge < -0.3 is 4.90 Å². The van der Waals surface area contributed by atoms with E-state index in [1.165, 1.54) is 43.8 Å². The standard InChI is InChI=1S/C28H40NP/c1-29(2)26-24(30)4-3-23(27-11-17-5-18(12-27)7-19(6-17)13-27)25(26)28-14-20-8-21(15-28)10-22(9-20)16-28/h3-4,17-22H,5-16,30H2,1-2H3. The Morgan fingerprint density at radius 1 is 0.667 bits per heavy atom. The van der Waals surface area contributed by atoms with Gasteiger partial charge in [0.2, 0.25) is 0 Å². The van der Waals surface area contributed by atoms with E-state index in [9.17, 15) is 0 Å². The lowest BCUT2D eigenvalue weighted by Gasteiger charge is -2.61. The first-order valence-corrected chi connectivity index (χ1v) is 13.6. The second kappa shape index (κ2) is 6.27. The highest BCUT2D eigenvalue weighted by Gasteiger charge is 2.57. The lowest BCUT2D eigenvalue weighted by atomic mass is 9.44. The molecule has 1 unspecified atom stereocenters. The number of nitrogens with zero attached hydrogens (tertiary/aromatic N) is 1. The predicted octanol–water partition coefficient (Wildman–Crippen LogP) is 6.19. The minimum absolute atomic E-state index is 0.486. The molecule has 8 fully saturated rings. The molecule has 0 saturated heterocycles. The lowest BCUT2D eigenvalue weighted by molar-refractivity contribution is -0.0172. The Bertz CT molecular complexity index is 812. The monoisotopic (exact) mass is 421 g/mol. The van der Waals surface area contributed by atoms with Crippen molar-refractivity contribution in [3.63, 3.8) is 0 Å². The van der Waals surface area contributed by atoms with Gasteiger partial charge in [-0.15, -0.1) is 9.24 Å². The molecule has 8 bridgehead atoms. The summed E-state index contributed by atoms with van der Waals surface area (Å²) in [7, 11) is 7.75. The van der Waals surface area contributed by atoms with Crippen molar-refractivity contribution in [1.29, 1.82) is 0 Å². The van der Waals surface area contributed by atoms with Crippen LogP contribution in [0.5, 0.6) is 0 Å². The number of hydrogen-bond acceptors (Lipinski definition) is 1. The van der Waals surface area contributed by atoms with E-state index in [1.807, 2.05) is 11.1 Å². The first-order valence-electron chi connectivity index (χ1n) is 13.0. The van der Waals surface area contributed by atoms with Gasteiger partial charge in [-0.2, -0.15) is 0 Å². The van der Waals surface area contributed by atoms with Crippen molar-refractivity contribution >= 4 is 20.2 Å². The van der Waals surface area contributed by atoms with Crippen LogP contribution in [0, 0.1) is 35.5 Å². The van der Waals surface area contributed by atoms with Crippen molar-refractivity contribution < 1.29 is 0 Å². The quantitative estimate of drug-likeness (QED) is 0.526. The summed E-state index contributed by atoms with van der Waals surface area (Å²) < 4.78 is 0. The van der Waals surface area contributed by atoms with Gasteiger partial charge in [-0.3, -0.25) is 0 Å². The van der Waals surface area contributed by atoms with Crippen LogP contribution in [0.15, 0.2) is 12.1 Å². The van der Waals surface area contributed by atoms with Crippen LogP contribution in [0.4, 0.5) is 5.69 Å². The highest BCUT2D eigenvalue weighted by Crippen LogP contribution is 2.66. The average Bonchev–Trinajstić information content (AvgIpc) is 2.65. The molecule has 8 saturated carbocycles. The maximum absolute atomic E-state index is 3.12. The van der Waals surface area contributed by atoms with E-state index >= 15 is 0 Å².